The normalized spacial score (nSPS) is 11.0. The van der Waals surface area contributed by atoms with Crippen molar-refractivity contribution in [3.8, 4) is 11.5 Å². The summed E-state index contributed by atoms with van der Waals surface area (Å²) in [5, 5.41) is 3.28. The van der Waals surface area contributed by atoms with Crippen molar-refractivity contribution in [1.82, 2.24) is 5.32 Å². The molecule has 21 heavy (non-hydrogen) atoms. The van der Waals surface area contributed by atoms with Gasteiger partial charge in [-0.3, -0.25) is 0 Å². The fourth-order valence-corrected chi connectivity index (χ4v) is 2.48. The zero-order valence-corrected chi connectivity index (χ0v) is 14.0. The highest BCUT2D eigenvalue weighted by Crippen LogP contribution is 2.32. The molecule has 0 atom stereocenters. The number of ether oxygens (including phenoxy) is 1. The molecule has 0 radical (unpaired) electrons. The second-order valence-electron chi connectivity index (χ2n) is 5.32. The van der Waals surface area contributed by atoms with E-state index in [0.717, 1.165) is 21.3 Å². The van der Waals surface area contributed by atoms with Gasteiger partial charge in [0.15, 0.2) is 0 Å². The Morgan fingerprint density at radius 1 is 1.14 bits per heavy atom. The zero-order valence-electron chi connectivity index (χ0n) is 12.4. The SMILES string of the molecule is Cc1ccc(Oc2ccc(F)cc2CNC(C)C)c(Br)c1. The van der Waals surface area contributed by atoms with E-state index < -0.39 is 0 Å². The Balaban J connectivity index is 2.26. The fraction of sp³-hybridized carbons (Fsp3) is 0.294. The quantitative estimate of drug-likeness (QED) is 0.800. The maximum absolute atomic E-state index is 13.5. The third-order valence-corrected chi connectivity index (χ3v) is 3.65. The summed E-state index contributed by atoms with van der Waals surface area (Å²) in [6.45, 7) is 6.69. The Morgan fingerprint density at radius 2 is 1.86 bits per heavy atom. The van der Waals surface area contributed by atoms with Crippen LogP contribution in [0.25, 0.3) is 0 Å². The minimum Gasteiger partial charge on any atom is -0.456 e. The lowest BCUT2D eigenvalue weighted by atomic mass is 10.1. The third-order valence-electron chi connectivity index (χ3n) is 3.03. The molecule has 0 fully saturated rings. The molecular formula is C17H19BrFNO. The lowest BCUT2D eigenvalue weighted by Crippen LogP contribution is -2.22. The first kappa shape index (κ1) is 16.0. The van der Waals surface area contributed by atoms with Crippen LogP contribution in [0, 0.1) is 12.7 Å². The van der Waals surface area contributed by atoms with Gasteiger partial charge in [-0.05, 0) is 58.7 Å². The number of halogens is 2. The van der Waals surface area contributed by atoms with Crippen molar-refractivity contribution >= 4 is 15.9 Å². The highest BCUT2D eigenvalue weighted by molar-refractivity contribution is 9.10. The van der Waals surface area contributed by atoms with E-state index >= 15 is 0 Å². The molecule has 0 aliphatic heterocycles. The Labute approximate surface area is 133 Å². The van der Waals surface area contributed by atoms with Crippen LogP contribution in [-0.4, -0.2) is 6.04 Å². The topological polar surface area (TPSA) is 21.3 Å². The van der Waals surface area contributed by atoms with E-state index in [1.54, 1.807) is 6.07 Å². The van der Waals surface area contributed by atoms with Gasteiger partial charge < -0.3 is 10.1 Å². The molecule has 0 aliphatic carbocycles. The maximum atomic E-state index is 13.5. The second-order valence-corrected chi connectivity index (χ2v) is 6.18. The van der Waals surface area contributed by atoms with Gasteiger partial charge in [0.2, 0.25) is 0 Å². The van der Waals surface area contributed by atoms with Crippen LogP contribution in [0.3, 0.4) is 0 Å². The lowest BCUT2D eigenvalue weighted by molar-refractivity contribution is 0.464. The predicted octanol–water partition coefficient (Wildman–Crippen LogP) is 5.19. The van der Waals surface area contributed by atoms with Crippen LogP contribution >= 0.6 is 15.9 Å². The summed E-state index contributed by atoms with van der Waals surface area (Å²) in [5.74, 6) is 1.12. The Morgan fingerprint density at radius 3 is 2.52 bits per heavy atom. The fourth-order valence-electron chi connectivity index (χ4n) is 1.91. The van der Waals surface area contributed by atoms with E-state index in [4.69, 9.17) is 4.74 Å². The van der Waals surface area contributed by atoms with Crippen LogP contribution in [0.4, 0.5) is 4.39 Å². The molecule has 0 bridgehead atoms. The van der Waals surface area contributed by atoms with Crippen molar-refractivity contribution in [1.29, 1.82) is 0 Å². The van der Waals surface area contributed by atoms with Gasteiger partial charge in [0.1, 0.15) is 17.3 Å². The van der Waals surface area contributed by atoms with E-state index in [1.165, 1.54) is 12.1 Å². The van der Waals surface area contributed by atoms with Crippen LogP contribution in [0.5, 0.6) is 11.5 Å². The highest BCUT2D eigenvalue weighted by Gasteiger charge is 2.09. The lowest BCUT2D eigenvalue weighted by Gasteiger charge is -2.14. The highest BCUT2D eigenvalue weighted by atomic mass is 79.9. The van der Waals surface area contributed by atoms with Crippen LogP contribution < -0.4 is 10.1 Å². The van der Waals surface area contributed by atoms with Crippen LogP contribution in [0.2, 0.25) is 0 Å². The molecule has 0 heterocycles. The summed E-state index contributed by atoms with van der Waals surface area (Å²) >= 11 is 3.49. The van der Waals surface area contributed by atoms with Gasteiger partial charge in [-0.2, -0.15) is 0 Å². The Bertz CT molecular complexity index is 628. The molecule has 0 saturated heterocycles. The van der Waals surface area contributed by atoms with Crippen molar-refractivity contribution in [2.24, 2.45) is 0 Å². The van der Waals surface area contributed by atoms with Gasteiger partial charge in [0.25, 0.3) is 0 Å². The Kier molecular flexibility index (Phi) is 5.37. The number of benzene rings is 2. The molecule has 0 aliphatic rings. The molecule has 4 heteroatoms. The molecule has 0 amide bonds. The number of rotatable bonds is 5. The van der Waals surface area contributed by atoms with Gasteiger partial charge in [-0.1, -0.05) is 19.9 Å². The molecule has 2 aromatic carbocycles. The minimum atomic E-state index is -0.258. The average Bonchev–Trinajstić information content (AvgIpc) is 2.41. The van der Waals surface area contributed by atoms with Crippen LogP contribution in [0.15, 0.2) is 40.9 Å². The smallest absolute Gasteiger partial charge is 0.141 e. The van der Waals surface area contributed by atoms with E-state index in [1.807, 2.05) is 25.1 Å². The molecule has 0 saturated carbocycles. The van der Waals surface area contributed by atoms with Crippen molar-refractivity contribution < 1.29 is 9.13 Å². The van der Waals surface area contributed by atoms with Gasteiger partial charge in [-0.25, -0.2) is 4.39 Å². The molecular weight excluding hydrogens is 333 g/mol. The average molecular weight is 352 g/mol. The van der Waals surface area contributed by atoms with Crippen molar-refractivity contribution in [2.45, 2.75) is 33.4 Å². The van der Waals surface area contributed by atoms with Crippen molar-refractivity contribution in [2.75, 3.05) is 0 Å². The largest absolute Gasteiger partial charge is 0.456 e. The van der Waals surface area contributed by atoms with Gasteiger partial charge in [0.05, 0.1) is 4.47 Å². The van der Waals surface area contributed by atoms with E-state index in [9.17, 15) is 4.39 Å². The summed E-state index contributed by atoms with van der Waals surface area (Å²) in [6.07, 6.45) is 0. The van der Waals surface area contributed by atoms with E-state index in [0.29, 0.717) is 18.3 Å². The second kappa shape index (κ2) is 7.05. The summed E-state index contributed by atoms with van der Waals surface area (Å²) in [4.78, 5) is 0. The number of aryl methyl sites for hydroxylation is 1. The third kappa shape index (κ3) is 4.55. The molecule has 0 aromatic heterocycles. The van der Waals surface area contributed by atoms with Gasteiger partial charge >= 0.3 is 0 Å². The molecule has 2 nitrogen and oxygen atoms in total. The minimum absolute atomic E-state index is 0.258. The molecule has 2 aromatic rings. The monoisotopic (exact) mass is 351 g/mol. The summed E-state index contributed by atoms with van der Waals surface area (Å²) in [6, 6.07) is 10.8. The maximum Gasteiger partial charge on any atom is 0.141 e. The molecule has 2 rings (SSSR count). The summed E-state index contributed by atoms with van der Waals surface area (Å²) in [7, 11) is 0. The molecule has 0 unspecified atom stereocenters. The summed E-state index contributed by atoms with van der Waals surface area (Å²) < 4.78 is 20.3. The first-order chi connectivity index (χ1) is 9.95. The van der Waals surface area contributed by atoms with Crippen LogP contribution in [0.1, 0.15) is 25.0 Å². The summed E-state index contributed by atoms with van der Waals surface area (Å²) in [5.41, 5.74) is 1.95. The predicted molar refractivity (Wildman–Crippen MR) is 87.3 cm³/mol. The van der Waals surface area contributed by atoms with Gasteiger partial charge in [0, 0.05) is 18.2 Å². The van der Waals surface area contributed by atoms with Gasteiger partial charge in [-0.15, -0.1) is 0 Å². The van der Waals surface area contributed by atoms with Crippen molar-refractivity contribution in [3.05, 3.63) is 57.8 Å². The number of hydrogen-bond donors (Lipinski definition) is 1. The molecule has 0 spiro atoms. The molecule has 1 N–H and O–H groups in total. The molecule has 112 valence electrons. The van der Waals surface area contributed by atoms with E-state index in [2.05, 4.69) is 35.1 Å². The first-order valence-corrected chi connectivity index (χ1v) is 7.71. The van der Waals surface area contributed by atoms with E-state index in [-0.39, 0.29) is 5.82 Å². The Hall–Kier alpha value is -1.39. The zero-order chi connectivity index (χ0) is 15.4. The van der Waals surface area contributed by atoms with Crippen LogP contribution in [-0.2, 0) is 6.54 Å². The standard InChI is InChI=1S/C17H19BrFNO/c1-11(2)20-10-13-9-14(19)5-7-16(13)21-17-6-4-12(3)8-15(17)18/h4-9,11,20H,10H2,1-3H3. The number of hydrogen-bond acceptors (Lipinski definition) is 2. The number of nitrogens with one attached hydrogen (secondary N) is 1. The first-order valence-electron chi connectivity index (χ1n) is 6.91. The van der Waals surface area contributed by atoms with Crippen molar-refractivity contribution in [3.63, 3.8) is 0 Å².